The second-order valence-electron chi connectivity index (χ2n) is 4.45. The minimum absolute atomic E-state index is 0.0686. The van der Waals surface area contributed by atoms with Crippen molar-refractivity contribution in [1.29, 1.82) is 0 Å². The maximum Gasteiger partial charge on any atom is 0.199 e. The lowest BCUT2D eigenvalue weighted by Gasteiger charge is -2.06. The lowest BCUT2D eigenvalue weighted by Crippen LogP contribution is -2.24. The molecule has 1 aromatic carbocycles. The van der Waals surface area contributed by atoms with E-state index >= 15 is 0 Å². The largest absolute Gasteiger partial charge is 0.550 e. The summed E-state index contributed by atoms with van der Waals surface area (Å²) in [4.78, 5) is 15.1. The Morgan fingerprint density at radius 2 is 2.11 bits per heavy atom. The number of carboxylic acid groups (broad SMARTS) is 1. The fourth-order valence-corrected chi connectivity index (χ4v) is 2.33. The van der Waals surface area contributed by atoms with Crippen LogP contribution in [0.1, 0.15) is 11.3 Å². The molecular weight excluding hydrogens is 244 g/mol. The highest BCUT2D eigenvalue weighted by Crippen LogP contribution is 2.29. The first kappa shape index (κ1) is 11.5. The van der Waals surface area contributed by atoms with Crippen LogP contribution >= 0.6 is 0 Å². The predicted octanol–water partition coefficient (Wildman–Crippen LogP) is 0.794. The molecule has 2 aromatic heterocycles. The highest BCUT2D eigenvalue weighted by Gasteiger charge is 2.14. The van der Waals surface area contributed by atoms with Crippen molar-refractivity contribution in [2.24, 2.45) is 0 Å². The molecule has 0 radical (unpaired) electrons. The van der Waals surface area contributed by atoms with Crippen LogP contribution in [0.5, 0.6) is 5.88 Å². The van der Waals surface area contributed by atoms with Crippen molar-refractivity contribution in [3.8, 4) is 5.88 Å². The number of carbonyl (C=O) groups excluding carboxylic acids is 1. The molecule has 0 aliphatic rings. The van der Waals surface area contributed by atoms with E-state index in [1.165, 1.54) is 0 Å². The van der Waals surface area contributed by atoms with Crippen molar-refractivity contribution in [3.63, 3.8) is 0 Å². The summed E-state index contributed by atoms with van der Waals surface area (Å²) in [6.07, 6.45) is -0.318. The Morgan fingerprint density at radius 3 is 2.84 bits per heavy atom. The van der Waals surface area contributed by atoms with E-state index in [1.54, 1.807) is 10.5 Å². The average Bonchev–Trinajstić information content (AvgIpc) is 2.68. The Kier molecular flexibility index (Phi) is 2.41. The number of fused-ring (bicyclic) bond motifs is 3. The molecule has 19 heavy (non-hydrogen) atoms. The van der Waals surface area contributed by atoms with Gasteiger partial charge in [-0.1, -0.05) is 12.1 Å². The second kappa shape index (κ2) is 3.98. The van der Waals surface area contributed by atoms with E-state index in [1.807, 2.05) is 31.2 Å². The van der Waals surface area contributed by atoms with Crippen LogP contribution in [0, 0.1) is 6.92 Å². The smallest absolute Gasteiger partial charge is 0.199 e. The quantitative estimate of drug-likeness (QED) is 0.734. The van der Waals surface area contributed by atoms with Crippen LogP contribution < -0.4 is 5.11 Å². The first-order chi connectivity index (χ1) is 9.08. The van der Waals surface area contributed by atoms with Crippen LogP contribution in [0.15, 0.2) is 30.3 Å². The van der Waals surface area contributed by atoms with Crippen molar-refractivity contribution in [3.05, 3.63) is 41.6 Å². The van der Waals surface area contributed by atoms with E-state index in [9.17, 15) is 15.0 Å². The summed E-state index contributed by atoms with van der Waals surface area (Å²) < 4.78 is 1.62. The van der Waals surface area contributed by atoms with E-state index in [2.05, 4.69) is 4.98 Å². The second-order valence-corrected chi connectivity index (χ2v) is 4.45. The third-order valence-corrected chi connectivity index (χ3v) is 3.17. The fourth-order valence-electron chi connectivity index (χ4n) is 2.33. The van der Waals surface area contributed by atoms with Gasteiger partial charge >= 0.3 is 0 Å². The van der Waals surface area contributed by atoms with Gasteiger partial charge in [-0.15, -0.1) is 0 Å². The van der Waals surface area contributed by atoms with Crippen molar-refractivity contribution >= 4 is 22.5 Å². The number of benzene rings is 1. The molecule has 5 heteroatoms. The van der Waals surface area contributed by atoms with Gasteiger partial charge in [-0.2, -0.15) is 0 Å². The molecule has 0 atom stereocenters. The molecular formula is C14H11N2O3-. The number of carboxylic acids is 1. The average molecular weight is 255 g/mol. The van der Waals surface area contributed by atoms with Crippen molar-refractivity contribution < 1.29 is 15.0 Å². The third-order valence-electron chi connectivity index (χ3n) is 3.17. The zero-order valence-electron chi connectivity index (χ0n) is 10.3. The van der Waals surface area contributed by atoms with E-state index in [0.717, 1.165) is 16.7 Å². The lowest BCUT2D eigenvalue weighted by atomic mass is 10.2. The van der Waals surface area contributed by atoms with Crippen LogP contribution in [-0.2, 0) is 11.2 Å². The van der Waals surface area contributed by atoms with Gasteiger partial charge in [0.15, 0.2) is 5.88 Å². The van der Waals surface area contributed by atoms with Crippen molar-refractivity contribution in [1.82, 2.24) is 9.38 Å². The molecule has 0 spiro atoms. The fraction of sp³-hybridized carbons (Fsp3) is 0.143. The number of rotatable bonds is 2. The molecule has 0 saturated heterocycles. The number of carbonyl (C=O) groups is 1. The summed E-state index contributed by atoms with van der Waals surface area (Å²) in [6, 6.07) is 9.02. The summed E-state index contributed by atoms with van der Waals surface area (Å²) >= 11 is 0. The number of aromatic nitrogens is 2. The molecule has 5 nitrogen and oxygen atoms in total. The van der Waals surface area contributed by atoms with Crippen molar-refractivity contribution in [2.45, 2.75) is 13.3 Å². The first-order valence-corrected chi connectivity index (χ1v) is 5.86. The van der Waals surface area contributed by atoms with Crippen LogP contribution in [-0.4, -0.2) is 20.5 Å². The van der Waals surface area contributed by atoms with E-state index in [-0.39, 0.29) is 12.3 Å². The minimum atomic E-state index is -1.22. The van der Waals surface area contributed by atoms with E-state index < -0.39 is 5.97 Å². The van der Waals surface area contributed by atoms with Crippen LogP contribution in [0.3, 0.4) is 0 Å². The maximum absolute atomic E-state index is 10.7. The summed E-state index contributed by atoms with van der Waals surface area (Å²) in [6.45, 7) is 1.82. The Morgan fingerprint density at radius 1 is 1.37 bits per heavy atom. The summed E-state index contributed by atoms with van der Waals surface area (Å²) in [5.74, 6) is -1.29. The zero-order chi connectivity index (χ0) is 13.6. The lowest BCUT2D eigenvalue weighted by molar-refractivity contribution is -0.304. The van der Waals surface area contributed by atoms with Crippen molar-refractivity contribution in [2.75, 3.05) is 0 Å². The number of hydrogen-bond acceptors (Lipinski definition) is 4. The number of para-hydroxylation sites is 2. The van der Waals surface area contributed by atoms with Gasteiger partial charge in [0, 0.05) is 18.0 Å². The third kappa shape index (κ3) is 1.71. The van der Waals surface area contributed by atoms with Gasteiger partial charge in [-0.05, 0) is 25.1 Å². The van der Waals surface area contributed by atoms with Gasteiger partial charge in [0.1, 0.15) is 0 Å². The van der Waals surface area contributed by atoms with E-state index in [4.69, 9.17) is 0 Å². The maximum atomic E-state index is 10.7. The SMILES string of the molecule is Cc1nc2ccccc2n2c(O)c(CC(=O)[O-])cc12. The van der Waals surface area contributed by atoms with Gasteiger partial charge in [0.2, 0.25) is 0 Å². The topological polar surface area (TPSA) is 77.7 Å². The standard InChI is InChI=1S/C14H12N2O3/c1-8-12-6-9(7-13(17)18)14(19)16(12)11-5-3-2-4-10(11)15-8/h2-6,19H,7H2,1H3,(H,17,18)/p-1. The molecule has 2 heterocycles. The van der Waals surface area contributed by atoms with Gasteiger partial charge < -0.3 is 15.0 Å². The molecule has 3 aromatic rings. The molecule has 0 amide bonds. The highest BCUT2D eigenvalue weighted by molar-refractivity contribution is 5.82. The minimum Gasteiger partial charge on any atom is -0.550 e. The molecule has 0 bridgehead atoms. The Balaban J connectivity index is 2.42. The van der Waals surface area contributed by atoms with E-state index in [0.29, 0.717) is 11.1 Å². The monoisotopic (exact) mass is 255 g/mol. The molecule has 0 unspecified atom stereocenters. The van der Waals surface area contributed by atoms with Crippen LogP contribution in [0.4, 0.5) is 0 Å². The predicted molar refractivity (Wildman–Crippen MR) is 67.8 cm³/mol. The Hall–Kier alpha value is -2.56. The zero-order valence-corrected chi connectivity index (χ0v) is 10.3. The summed E-state index contributed by atoms with van der Waals surface area (Å²) in [5.41, 5.74) is 3.26. The Labute approximate surface area is 108 Å². The molecule has 1 N–H and O–H groups in total. The number of hydrogen-bond donors (Lipinski definition) is 1. The number of aliphatic carboxylic acids is 1. The molecule has 0 aliphatic heterocycles. The molecule has 3 rings (SSSR count). The molecule has 0 saturated carbocycles. The van der Waals surface area contributed by atoms with Gasteiger partial charge in [0.25, 0.3) is 0 Å². The molecule has 96 valence electrons. The highest BCUT2D eigenvalue weighted by atomic mass is 16.4. The van der Waals surface area contributed by atoms with Gasteiger partial charge in [-0.3, -0.25) is 4.40 Å². The number of nitrogens with zero attached hydrogens (tertiary/aromatic N) is 2. The number of aryl methyl sites for hydroxylation is 1. The summed E-state index contributed by atoms with van der Waals surface area (Å²) in [7, 11) is 0. The van der Waals surface area contributed by atoms with Crippen LogP contribution in [0.25, 0.3) is 16.6 Å². The van der Waals surface area contributed by atoms with Gasteiger partial charge in [-0.25, -0.2) is 4.98 Å². The normalized spacial score (nSPS) is 11.2. The molecule has 0 aliphatic carbocycles. The summed E-state index contributed by atoms with van der Waals surface area (Å²) in [5, 5.41) is 20.9. The first-order valence-electron chi connectivity index (χ1n) is 5.86. The Bertz CT molecular complexity index is 805. The van der Waals surface area contributed by atoms with Gasteiger partial charge in [0.05, 0.1) is 22.2 Å². The van der Waals surface area contributed by atoms with Crippen LogP contribution in [0.2, 0.25) is 0 Å². The molecule has 0 fully saturated rings. The number of aromatic hydroxyl groups is 1.